The van der Waals surface area contributed by atoms with Crippen LogP contribution in [0.15, 0.2) is 12.3 Å². The van der Waals surface area contributed by atoms with Gasteiger partial charge in [-0.15, -0.1) is 0 Å². The van der Waals surface area contributed by atoms with E-state index in [-0.39, 0.29) is 0 Å². The number of rotatable bonds is 4. The zero-order chi connectivity index (χ0) is 17.8. The molecule has 2 aliphatic heterocycles. The lowest BCUT2D eigenvalue weighted by atomic mass is 9.84. The first kappa shape index (κ1) is 17.9. The molecular weight excluding hydrogens is 330 g/mol. The van der Waals surface area contributed by atoms with Gasteiger partial charge in [0.2, 0.25) is 5.95 Å². The minimum atomic E-state index is -0.465. The molecule has 7 nitrogen and oxygen atoms in total. The first-order valence-electron chi connectivity index (χ1n) is 10.1. The van der Waals surface area contributed by atoms with Crippen LogP contribution in [0.1, 0.15) is 32.1 Å². The van der Waals surface area contributed by atoms with Crippen molar-refractivity contribution in [2.45, 2.75) is 37.7 Å². The molecule has 26 heavy (non-hydrogen) atoms. The van der Waals surface area contributed by atoms with E-state index in [9.17, 15) is 5.11 Å². The molecule has 2 saturated heterocycles. The van der Waals surface area contributed by atoms with Gasteiger partial charge in [0.05, 0.1) is 18.8 Å². The van der Waals surface area contributed by atoms with Crippen LogP contribution >= 0.6 is 0 Å². The SMILES string of the molecule is OC1(CN2CCN(c3nccc(N4CCOCC4)n3)CC2)CCCCC1. The third kappa shape index (κ3) is 4.27. The molecule has 7 heteroatoms. The summed E-state index contributed by atoms with van der Waals surface area (Å²) in [4.78, 5) is 16.2. The van der Waals surface area contributed by atoms with Gasteiger partial charge in [0.25, 0.3) is 0 Å². The fourth-order valence-corrected chi connectivity index (χ4v) is 4.35. The van der Waals surface area contributed by atoms with Crippen LogP contribution in [0, 0.1) is 0 Å². The maximum atomic E-state index is 10.8. The minimum absolute atomic E-state index is 0.465. The number of aromatic nitrogens is 2. The Kier molecular flexibility index (Phi) is 5.57. The van der Waals surface area contributed by atoms with Crippen molar-refractivity contribution < 1.29 is 9.84 Å². The molecule has 0 radical (unpaired) electrons. The molecular formula is C19H31N5O2. The van der Waals surface area contributed by atoms with Crippen LogP contribution < -0.4 is 9.80 Å². The number of piperazine rings is 1. The lowest BCUT2D eigenvalue weighted by Crippen LogP contribution is -2.52. The maximum Gasteiger partial charge on any atom is 0.227 e. The molecule has 1 aromatic rings. The molecule has 1 aliphatic carbocycles. The molecule has 144 valence electrons. The highest BCUT2D eigenvalue weighted by Crippen LogP contribution is 2.29. The summed E-state index contributed by atoms with van der Waals surface area (Å²) in [6.45, 7) is 7.90. The van der Waals surface area contributed by atoms with Crippen molar-refractivity contribution in [3.8, 4) is 0 Å². The Bertz CT molecular complexity index is 579. The van der Waals surface area contributed by atoms with Gasteiger partial charge < -0.3 is 19.6 Å². The molecule has 0 unspecified atom stereocenters. The molecule has 3 aliphatic rings. The van der Waals surface area contributed by atoms with Crippen molar-refractivity contribution in [2.75, 3.05) is 68.8 Å². The van der Waals surface area contributed by atoms with Crippen LogP contribution in [-0.2, 0) is 4.74 Å². The molecule has 4 rings (SSSR count). The van der Waals surface area contributed by atoms with E-state index in [4.69, 9.17) is 9.72 Å². The first-order chi connectivity index (χ1) is 12.7. The van der Waals surface area contributed by atoms with E-state index < -0.39 is 5.60 Å². The van der Waals surface area contributed by atoms with Crippen LogP contribution in [0.3, 0.4) is 0 Å². The van der Waals surface area contributed by atoms with Crippen molar-refractivity contribution in [1.29, 1.82) is 0 Å². The Hall–Kier alpha value is -1.44. The van der Waals surface area contributed by atoms with Crippen molar-refractivity contribution in [3.05, 3.63) is 12.3 Å². The third-order valence-corrected chi connectivity index (χ3v) is 5.92. The molecule has 0 spiro atoms. The van der Waals surface area contributed by atoms with E-state index in [0.717, 1.165) is 83.6 Å². The second-order valence-corrected chi connectivity index (χ2v) is 7.86. The van der Waals surface area contributed by atoms with Crippen LogP contribution in [-0.4, -0.2) is 84.6 Å². The monoisotopic (exact) mass is 361 g/mol. The fraction of sp³-hybridized carbons (Fsp3) is 0.789. The molecule has 0 amide bonds. The first-order valence-corrected chi connectivity index (χ1v) is 10.1. The number of nitrogens with zero attached hydrogens (tertiary/aromatic N) is 5. The number of β-amino-alcohol motifs (C(OH)–C–C–N with tert-alkyl or cyclic N) is 1. The second kappa shape index (κ2) is 8.06. The van der Waals surface area contributed by atoms with Gasteiger partial charge in [-0.3, -0.25) is 4.90 Å². The van der Waals surface area contributed by atoms with Gasteiger partial charge in [-0.25, -0.2) is 4.98 Å². The van der Waals surface area contributed by atoms with Crippen LogP contribution in [0.5, 0.6) is 0 Å². The van der Waals surface area contributed by atoms with Crippen LogP contribution in [0.25, 0.3) is 0 Å². The Labute approximate surface area is 156 Å². The normalized spacial score (nSPS) is 24.7. The van der Waals surface area contributed by atoms with Gasteiger partial charge in [-0.1, -0.05) is 19.3 Å². The number of morpholine rings is 1. The van der Waals surface area contributed by atoms with Gasteiger partial charge in [0.15, 0.2) is 0 Å². The lowest BCUT2D eigenvalue weighted by molar-refractivity contribution is -0.0271. The summed E-state index contributed by atoms with van der Waals surface area (Å²) in [5.74, 6) is 1.82. The molecule has 3 fully saturated rings. The predicted molar refractivity (Wildman–Crippen MR) is 102 cm³/mol. The van der Waals surface area contributed by atoms with Gasteiger partial charge in [-0.05, 0) is 18.9 Å². The maximum absolute atomic E-state index is 10.8. The highest BCUT2D eigenvalue weighted by molar-refractivity contribution is 5.44. The van der Waals surface area contributed by atoms with E-state index in [1.165, 1.54) is 19.3 Å². The predicted octanol–water partition coefficient (Wildman–Crippen LogP) is 1.13. The summed E-state index contributed by atoms with van der Waals surface area (Å²) >= 11 is 0. The minimum Gasteiger partial charge on any atom is -0.389 e. The number of aliphatic hydroxyl groups is 1. The molecule has 1 aromatic heterocycles. The molecule has 0 bridgehead atoms. The molecule has 1 N–H and O–H groups in total. The second-order valence-electron chi connectivity index (χ2n) is 7.86. The largest absolute Gasteiger partial charge is 0.389 e. The summed E-state index contributed by atoms with van der Waals surface area (Å²) in [6.07, 6.45) is 7.38. The van der Waals surface area contributed by atoms with E-state index >= 15 is 0 Å². The number of hydrogen-bond acceptors (Lipinski definition) is 7. The quantitative estimate of drug-likeness (QED) is 0.862. The zero-order valence-electron chi connectivity index (χ0n) is 15.6. The highest BCUT2D eigenvalue weighted by atomic mass is 16.5. The van der Waals surface area contributed by atoms with Crippen LogP contribution in [0.2, 0.25) is 0 Å². The summed E-state index contributed by atoms with van der Waals surface area (Å²) in [6, 6.07) is 1.99. The van der Waals surface area contributed by atoms with Crippen molar-refractivity contribution >= 4 is 11.8 Å². The average Bonchev–Trinajstić information content (AvgIpc) is 2.70. The van der Waals surface area contributed by atoms with Crippen LogP contribution in [0.4, 0.5) is 11.8 Å². The topological polar surface area (TPSA) is 65.0 Å². The Morgan fingerprint density at radius 1 is 0.962 bits per heavy atom. The molecule has 1 saturated carbocycles. The Morgan fingerprint density at radius 3 is 2.42 bits per heavy atom. The number of anilines is 2. The standard InChI is InChI=1S/C19H31N5O2/c25-19(5-2-1-3-6-19)16-22-8-10-24(11-9-22)18-20-7-4-17(21-18)23-12-14-26-15-13-23/h4,7,25H,1-3,5-6,8-16H2. The summed E-state index contributed by atoms with van der Waals surface area (Å²) in [7, 11) is 0. The lowest BCUT2D eigenvalue weighted by Gasteiger charge is -2.41. The van der Waals surface area contributed by atoms with Crippen molar-refractivity contribution in [2.24, 2.45) is 0 Å². The number of ether oxygens (including phenoxy) is 1. The van der Waals surface area contributed by atoms with Crippen molar-refractivity contribution in [3.63, 3.8) is 0 Å². The fourth-order valence-electron chi connectivity index (χ4n) is 4.35. The summed E-state index contributed by atoms with van der Waals surface area (Å²) < 4.78 is 5.43. The summed E-state index contributed by atoms with van der Waals surface area (Å²) in [5, 5.41) is 10.8. The van der Waals surface area contributed by atoms with Gasteiger partial charge >= 0.3 is 0 Å². The molecule has 0 atom stereocenters. The smallest absolute Gasteiger partial charge is 0.227 e. The van der Waals surface area contributed by atoms with Gasteiger partial charge in [0.1, 0.15) is 5.82 Å². The zero-order valence-corrected chi connectivity index (χ0v) is 15.6. The van der Waals surface area contributed by atoms with E-state index in [1.54, 1.807) is 0 Å². The highest BCUT2D eigenvalue weighted by Gasteiger charge is 2.32. The van der Waals surface area contributed by atoms with Gasteiger partial charge in [0, 0.05) is 52.0 Å². The molecule has 3 heterocycles. The van der Waals surface area contributed by atoms with Crippen molar-refractivity contribution in [1.82, 2.24) is 14.9 Å². The van der Waals surface area contributed by atoms with E-state index in [1.807, 2.05) is 12.3 Å². The van der Waals surface area contributed by atoms with Gasteiger partial charge in [-0.2, -0.15) is 4.98 Å². The van der Waals surface area contributed by atoms with E-state index in [2.05, 4.69) is 19.7 Å². The third-order valence-electron chi connectivity index (χ3n) is 5.92. The average molecular weight is 361 g/mol. The summed E-state index contributed by atoms with van der Waals surface area (Å²) in [5.41, 5.74) is -0.465. The Balaban J connectivity index is 1.33. The Morgan fingerprint density at radius 2 is 1.69 bits per heavy atom. The molecule has 0 aromatic carbocycles. The number of hydrogen-bond donors (Lipinski definition) is 1. The van der Waals surface area contributed by atoms with E-state index in [0.29, 0.717) is 0 Å².